The highest BCUT2D eigenvalue weighted by Crippen LogP contribution is 2.29. The van der Waals surface area contributed by atoms with Gasteiger partial charge in [-0.1, -0.05) is 17.2 Å². The van der Waals surface area contributed by atoms with E-state index < -0.39 is 0 Å². The fourth-order valence-electron chi connectivity index (χ4n) is 2.55. The standard InChI is InChI=1S/C15H20ClFN2/c1-11(2)7-15(19-5-3-18-4-6-19)12-8-13(16)10-14(17)9-12/h8-10,15,18H,1,3-7H2,2H3/t15-/m0/s1. The lowest BCUT2D eigenvalue weighted by atomic mass is 9.98. The highest BCUT2D eigenvalue weighted by molar-refractivity contribution is 6.30. The summed E-state index contributed by atoms with van der Waals surface area (Å²) in [5, 5.41) is 3.79. The van der Waals surface area contributed by atoms with Crippen LogP contribution in [0.3, 0.4) is 0 Å². The van der Waals surface area contributed by atoms with Gasteiger partial charge in [-0.05, 0) is 37.1 Å². The summed E-state index contributed by atoms with van der Waals surface area (Å²) in [6.45, 7) is 9.87. The summed E-state index contributed by atoms with van der Waals surface area (Å²) in [7, 11) is 0. The van der Waals surface area contributed by atoms with E-state index in [2.05, 4.69) is 16.8 Å². The molecule has 2 rings (SSSR count). The van der Waals surface area contributed by atoms with Crippen molar-refractivity contribution in [3.05, 3.63) is 46.8 Å². The van der Waals surface area contributed by atoms with Gasteiger partial charge in [0.1, 0.15) is 5.82 Å². The smallest absolute Gasteiger partial charge is 0.125 e. The van der Waals surface area contributed by atoms with Gasteiger partial charge in [-0.2, -0.15) is 0 Å². The third-order valence-electron chi connectivity index (χ3n) is 3.40. The van der Waals surface area contributed by atoms with Crippen LogP contribution >= 0.6 is 11.6 Å². The van der Waals surface area contributed by atoms with Gasteiger partial charge < -0.3 is 5.32 Å². The third-order valence-corrected chi connectivity index (χ3v) is 3.62. The van der Waals surface area contributed by atoms with Crippen molar-refractivity contribution in [1.82, 2.24) is 10.2 Å². The Morgan fingerprint density at radius 1 is 1.42 bits per heavy atom. The minimum absolute atomic E-state index is 0.160. The highest BCUT2D eigenvalue weighted by atomic mass is 35.5. The molecule has 104 valence electrons. The zero-order chi connectivity index (χ0) is 13.8. The van der Waals surface area contributed by atoms with E-state index in [1.54, 1.807) is 6.07 Å². The Morgan fingerprint density at radius 3 is 2.68 bits per heavy atom. The number of hydrogen-bond donors (Lipinski definition) is 1. The van der Waals surface area contributed by atoms with E-state index >= 15 is 0 Å². The normalized spacial score (nSPS) is 18.3. The highest BCUT2D eigenvalue weighted by Gasteiger charge is 2.22. The number of hydrogen-bond acceptors (Lipinski definition) is 2. The molecule has 0 spiro atoms. The molecule has 0 saturated carbocycles. The van der Waals surface area contributed by atoms with Gasteiger partial charge >= 0.3 is 0 Å². The second kappa shape index (κ2) is 6.51. The van der Waals surface area contributed by atoms with Gasteiger partial charge in [-0.15, -0.1) is 6.58 Å². The van der Waals surface area contributed by atoms with Crippen LogP contribution in [0.4, 0.5) is 4.39 Å². The lowest BCUT2D eigenvalue weighted by molar-refractivity contribution is 0.172. The van der Waals surface area contributed by atoms with Gasteiger partial charge in [-0.25, -0.2) is 4.39 Å². The predicted molar refractivity (Wildman–Crippen MR) is 78.0 cm³/mol. The van der Waals surface area contributed by atoms with Crippen molar-refractivity contribution < 1.29 is 4.39 Å². The minimum Gasteiger partial charge on any atom is -0.314 e. The summed E-state index contributed by atoms with van der Waals surface area (Å²) in [6.07, 6.45) is 0.833. The summed E-state index contributed by atoms with van der Waals surface area (Å²) in [6, 6.07) is 4.95. The van der Waals surface area contributed by atoms with Gasteiger partial charge in [-0.3, -0.25) is 4.90 Å². The molecule has 1 aromatic rings. The van der Waals surface area contributed by atoms with Crippen LogP contribution in [0.2, 0.25) is 5.02 Å². The monoisotopic (exact) mass is 282 g/mol. The van der Waals surface area contributed by atoms with E-state index in [9.17, 15) is 4.39 Å². The zero-order valence-corrected chi connectivity index (χ0v) is 12.0. The number of rotatable bonds is 4. The number of halogens is 2. The van der Waals surface area contributed by atoms with Gasteiger partial charge in [0.2, 0.25) is 0 Å². The first-order valence-electron chi connectivity index (χ1n) is 6.61. The summed E-state index contributed by atoms with van der Waals surface area (Å²) in [5.41, 5.74) is 2.04. The molecule has 1 heterocycles. The van der Waals surface area contributed by atoms with E-state index in [1.807, 2.05) is 13.0 Å². The fraction of sp³-hybridized carbons (Fsp3) is 0.467. The van der Waals surface area contributed by atoms with Crippen LogP contribution in [0.5, 0.6) is 0 Å². The van der Waals surface area contributed by atoms with Crippen LogP contribution < -0.4 is 5.32 Å². The Balaban J connectivity index is 2.27. The third kappa shape index (κ3) is 4.03. The molecule has 1 fully saturated rings. The molecular weight excluding hydrogens is 263 g/mol. The Hall–Kier alpha value is -0.900. The molecule has 1 aliphatic heterocycles. The second-order valence-corrected chi connectivity index (χ2v) is 5.60. The average Bonchev–Trinajstić information content (AvgIpc) is 2.35. The van der Waals surface area contributed by atoms with Crippen molar-refractivity contribution in [2.75, 3.05) is 26.2 Å². The minimum atomic E-state index is -0.274. The first-order valence-corrected chi connectivity index (χ1v) is 6.99. The molecule has 0 amide bonds. The van der Waals surface area contributed by atoms with Gasteiger partial charge in [0, 0.05) is 37.2 Å². The Bertz CT molecular complexity index is 435. The molecule has 1 aliphatic rings. The first-order chi connectivity index (χ1) is 9.06. The second-order valence-electron chi connectivity index (χ2n) is 5.17. The van der Waals surface area contributed by atoms with E-state index in [-0.39, 0.29) is 11.9 Å². The Kier molecular flexibility index (Phi) is 4.97. The molecule has 1 N–H and O–H groups in total. The SMILES string of the molecule is C=C(C)C[C@@H](c1cc(F)cc(Cl)c1)N1CCNCC1. The molecule has 0 radical (unpaired) electrons. The number of nitrogens with zero attached hydrogens (tertiary/aromatic N) is 1. The number of piperazine rings is 1. The quantitative estimate of drug-likeness (QED) is 0.852. The Morgan fingerprint density at radius 2 is 2.11 bits per heavy atom. The molecule has 0 aromatic heterocycles. The summed E-state index contributed by atoms with van der Waals surface area (Å²) >= 11 is 5.98. The molecule has 1 atom stereocenters. The van der Waals surface area contributed by atoms with Crippen molar-refractivity contribution in [2.45, 2.75) is 19.4 Å². The summed E-state index contributed by atoms with van der Waals surface area (Å²) in [5.74, 6) is -0.274. The zero-order valence-electron chi connectivity index (χ0n) is 11.3. The summed E-state index contributed by atoms with van der Waals surface area (Å²) in [4.78, 5) is 2.37. The maximum Gasteiger partial charge on any atom is 0.125 e. The van der Waals surface area contributed by atoms with Gasteiger partial charge in [0.15, 0.2) is 0 Å². The van der Waals surface area contributed by atoms with Crippen molar-refractivity contribution in [3.8, 4) is 0 Å². The van der Waals surface area contributed by atoms with Crippen LogP contribution in [0.25, 0.3) is 0 Å². The lowest BCUT2D eigenvalue weighted by Gasteiger charge is -2.35. The first kappa shape index (κ1) is 14.5. The number of benzene rings is 1. The molecule has 1 saturated heterocycles. The predicted octanol–water partition coefficient (Wildman–Crippen LogP) is 3.39. The van der Waals surface area contributed by atoms with Crippen molar-refractivity contribution in [3.63, 3.8) is 0 Å². The fourth-order valence-corrected chi connectivity index (χ4v) is 2.78. The van der Waals surface area contributed by atoms with Crippen LogP contribution in [-0.2, 0) is 0 Å². The van der Waals surface area contributed by atoms with E-state index in [0.29, 0.717) is 5.02 Å². The van der Waals surface area contributed by atoms with Gasteiger partial charge in [0.25, 0.3) is 0 Å². The van der Waals surface area contributed by atoms with Crippen molar-refractivity contribution in [2.24, 2.45) is 0 Å². The Labute approximate surface area is 119 Å². The van der Waals surface area contributed by atoms with Crippen molar-refractivity contribution in [1.29, 1.82) is 0 Å². The van der Waals surface area contributed by atoms with Crippen LogP contribution in [0, 0.1) is 5.82 Å². The van der Waals surface area contributed by atoms with Crippen LogP contribution in [-0.4, -0.2) is 31.1 Å². The summed E-state index contributed by atoms with van der Waals surface area (Å²) < 4.78 is 13.6. The molecule has 2 nitrogen and oxygen atoms in total. The topological polar surface area (TPSA) is 15.3 Å². The average molecular weight is 283 g/mol. The van der Waals surface area contributed by atoms with E-state index in [0.717, 1.165) is 43.7 Å². The van der Waals surface area contributed by atoms with Crippen LogP contribution in [0.15, 0.2) is 30.4 Å². The lowest BCUT2D eigenvalue weighted by Crippen LogP contribution is -2.45. The maximum atomic E-state index is 13.6. The molecular formula is C15H20ClFN2. The van der Waals surface area contributed by atoms with Crippen molar-refractivity contribution >= 4 is 11.6 Å². The molecule has 0 unspecified atom stereocenters. The van der Waals surface area contributed by atoms with E-state index in [1.165, 1.54) is 6.07 Å². The van der Waals surface area contributed by atoms with Crippen LogP contribution in [0.1, 0.15) is 24.9 Å². The molecule has 1 aromatic carbocycles. The molecule has 0 aliphatic carbocycles. The molecule has 4 heteroatoms. The molecule has 0 bridgehead atoms. The molecule has 19 heavy (non-hydrogen) atoms. The van der Waals surface area contributed by atoms with Gasteiger partial charge in [0.05, 0.1) is 0 Å². The largest absolute Gasteiger partial charge is 0.314 e. The maximum absolute atomic E-state index is 13.6. The number of nitrogens with one attached hydrogen (secondary N) is 1. The van der Waals surface area contributed by atoms with E-state index in [4.69, 9.17) is 11.6 Å².